The van der Waals surface area contributed by atoms with Crippen molar-refractivity contribution in [1.29, 1.82) is 0 Å². The third kappa shape index (κ3) is 5.43. The lowest BCUT2D eigenvalue weighted by Crippen LogP contribution is -2.80. The standard InChI is InChI=1S/C69H71N5O10/c1-32-24-37-48(43(75)25-32)56(78)50-44-26-36-35(49(50)55(37)77)16-23-70-61(36)71-29-47(76)68-45-15-13-41-53(68)52-39(28-66(83-44)59(80)57(79)60(81)69(52,84-66)62(82)65(41)22-21-63(30-65)17-2-3-18-63)54-38-27-46(74-54)67-33(8-6-9-34(67)12-14-42-58(67)73-31-72-42)10-7-11-40(51(38)68)64(45)19-4-5-20-64/h16,23-28,31,33-34,40-41,45,47,51,57,59-60,62,74-76,79-82H,2-6,8-10,12-15,17-22,29-30H2,1H3,(H,70,71)(H,72,73). The summed E-state index contributed by atoms with van der Waals surface area (Å²) in [5.41, 5.74) is 1.99. The number of phenolic OH excluding ortho intramolecular Hbond substituents is 1. The van der Waals surface area contributed by atoms with Gasteiger partial charge in [0.05, 0.1) is 40.8 Å². The number of imidazole rings is 1. The summed E-state index contributed by atoms with van der Waals surface area (Å²) in [6.45, 7) is 1.75. The summed E-state index contributed by atoms with van der Waals surface area (Å²) >= 11 is 0. The van der Waals surface area contributed by atoms with Gasteiger partial charge in [-0.05, 0) is 189 Å². The first-order valence-electron chi connectivity index (χ1n) is 31.8. The minimum Gasteiger partial charge on any atom is -0.507 e. The van der Waals surface area contributed by atoms with Gasteiger partial charge in [0.25, 0.3) is 5.79 Å². The number of nitrogens with one attached hydrogen (secondary N) is 3. The van der Waals surface area contributed by atoms with Gasteiger partial charge in [0.1, 0.15) is 29.5 Å². The fourth-order valence-electron chi connectivity index (χ4n) is 23.6. The van der Waals surface area contributed by atoms with E-state index in [-0.39, 0.29) is 80.7 Å². The summed E-state index contributed by atoms with van der Waals surface area (Å²) in [6.07, 6.45) is 14.0. The monoisotopic (exact) mass is 1130 g/mol. The number of nitrogens with zero attached hydrogens (tertiary/aromatic N) is 2. The minimum atomic E-state index is -2.48. The number of pyridine rings is 1. The normalized spacial score (nSPS) is 41.3. The molecular weight excluding hydrogens is 1060 g/mol. The van der Waals surface area contributed by atoms with E-state index in [9.17, 15) is 30.6 Å². The highest BCUT2D eigenvalue weighted by atomic mass is 16.7. The van der Waals surface area contributed by atoms with E-state index in [1.54, 1.807) is 37.4 Å². The van der Waals surface area contributed by atoms with Crippen LogP contribution in [-0.2, 0) is 16.6 Å². The SMILES string of the molecule is Cc1cc(O)c2c(c1)C(=O)c1c(c3cc4c(nccc14)NCC(O)C14C5=C6C7=CC8(O3)OC6(C(O)C(O)C8O)C(O)C3(CCC6(CCCC6)C3)C5CCC1C1(CCCC1)C1C#CCC3CCCC5CCc6[nH]cnc6C35c3cc(c7[nH]3)C14)C2=O. The van der Waals surface area contributed by atoms with Crippen LogP contribution in [0.25, 0.3) is 16.3 Å². The Morgan fingerprint density at radius 2 is 1.62 bits per heavy atom. The highest BCUT2D eigenvalue weighted by Gasteiger charge is 2.82. The van der Waals surface area contributed by atoms with Crippen molar-refractivity contribution in [2.75, 3.05) is 11.9 Å². The van der Waals surface area contributed by atoms with Crippen LogP contribution in [0.2, 0.25) is 0 Å². The van der Waals surface area contributed by atoms with Gasteiger partial charge < -0.3 is 55.4 Å². The summed E-state index contributed by atoms with van der Waals surface area (Å²) < 4.78 is 15.3. The number of aromatic amines is 2. The lowest BCUT2D eigenvalue weighted by atomic mass is 9.42. The van der Waals surface area contributed by atoms with Gasteiger partial charge in [-0.3, -0.25) is 9.59 Å². The van der Waals surface area contributed by atoms with Gasteiger partial charge in [-0.25, -0.2) is 9.97 Å². The first-order valence-corrected chi connectivity index (χ1v) is 31.8. The Morgan fingerprint density at radius 1 is 0.798 bits per heavy atom. The van der Waals surface area contributed by atoms with Crippen LogP contribution in [0.1, 0.15) is 187 Å². The molecule has 16 atom stereocenters. The topological polar surface area (TPSA) is 243 Å². The number of ether oxygens (including phenoxy) is 2. The number of fused-ring (bicyclic) bond motifs is 10. The predicted molar refractivity (Wildman–Crippen MR) is 307 cm³/mol. The van der Waals surface area contributed by atoms with Crippen LogP contribution in [0, 0.1) is 70.0 Å². The average Bonchev–Trinajstić information content (AvgIpc) is 1.36. The van der Waals surface area contributed by atoms with Crippen LogP contribution in [0.4, 0.5) is 5.82 Å². The number of hydrogen-bond donors (Lipinski definition) is 9. The van der Waals surface area contributed by atoms with E-state index >= 15 is 9.59 Å². The number of anilines is 1. The molecule has 10 bridgehead atoms. The molecule has 6 saturated carbocycles. The lowest BCUT2D eigenvalue weighted by Gasteiger charge is -2.68. The number of aliphatic hydroxyl groups is 5. The molecule has 0 radical (unpaired) electrons. The van der Waals surface area contributed by atoms with Crippen molar-refractivity contribution in [2.24, 2.45) is 51.2 Å². The van der Waals surface area contributed by atoms with Gasteiger partial charge in [-0.15, -0.1) is 5.92 Å². The molecule has 5 aromatic rings. The molecule has 15 aliphatic rings. The number of aromatic hydroxyl groups is 1. The van der Waals surface area contributed by atoms with Crippen molar-refractivity contribution in [3.05, 3.63) is 116 Å². The molecule has 16 unspecified atom stereocenters. The van der Waals surface area contributed by atoms with Gasteiger partial charge in [0.2, 0.25) is 5.78 Å². The molecule has 1 saturated heterocycles. The van der Waals surface area contributed by atoms with Crippen LogP contribution < -0.4 is 10.1 Å². The maximum absolute atomic E-state index is 15.6. The van der Waals surface area contributed by atoms with E-state index in [0.717, 1.165) is 137 Å². The lowest BCUT2D eigenvalue weighted by molar-refractivity contribution is -0.369. The Hall–Kier alpha value is -6.12. The summed E-state index contributed by atoms with van der Waals surface area (Å²) in [6, 6.07) is 8.77. The van der Waals surface area contributed by atoms with Crippen molar-refractivity contribution in [2.45, 2.75) is 182 Å². The van der Waals surface area contributed by atoms with Crippen molar-refractivity contribution in [1.82, 2.24) is 19.9 Å². The third-order valence-corrected chi connectivity index (χ3v) is 26.3. The molecular formula is C69H71N5O10. The zero-order valence-electron chi connectivity index (χ0n) is 47.3. The van der Waals surface area contributed by atoms with E-state index in [1.807, 2.05) is 6.33 Å². The average molecular weight is 1130 g/mol. The van der Waals surface area contributed by atoms with Crippen molar-refractivity contribution in [3.8, 4) is 23.3 Å². The smallest absolute Gasteiger partial charge is 0.261 e. The van der Waals surface area contributed by atoms with Crippen molar-refractivity contribution in [3.63, 3.8) is 0 Å². The first kappa shape index (κ1) is 50.1. The molecule has 15 heteroatoms. The summed E-state index contributed by atoms with van der Waals surface area (Å²) in [5.74, 6) is 3.59. The van der Waals surface area contributed by atoms with Crippen molar-refractivity contribution >= 4 is 33.7 Å². The Morgan fingerprint density at radius 3 is 2.46 bits per heavy atom. The molecule has 4 aliphatic heterocycles. The molecule has 20 rings (SSSR count). The van der Waals surface area contributed by atoms with Gasteiger partial charge in [-0.2, -0.15) is 0 Å². The number of aromatic nitrogens is 4. The largest absolute Gasteiger partial charge is 0.507 e. The zero-order valence-corrected chi connectivity index (χ0v) is 47.3. The second kappa shape index (κ2) is 16.1. The fourth-order valence-corrected chi connectivity index (χ4v) is 23.6. The Kier molecular flexibility index (Phi) is 9.59. The third-order valence-electron chi connectivity index (χ3n) is 26.3. The highest BCUT2D eigenvalue weighted by Crippen LogP contribution is 2.83. The van der Waals surface area contributed by atoms with E-state index in [4.69, 9.17) is 19.4 Å². The quantitative estimate of drug-likeness (QED) is 0.0648. The van der Waals surface area contributed by atoms with E-state index in [1.165, 1.54) is 6.07 Å². The van der Waals surface area contributed by atoms with Gasteiger partial charge in [0, 0.05) is 81.0 Å². The molecule has 7 fully saturated rings. The number of aliphatic hydroxyl groups excluding tert-OH is 5. The number of phenols is 1. The molecule has 84 heavy (non-hydrogen) atoms. The van der Waals surface area contributed by atoms with Crippen LogP contribution in [0.15, 0.2) is 60.1 Å². The van der Waals surface area contributed by atoms with Crippen LogP contribution in [-0.4, -0.2) is 111 Å². The number of hydrogen-bond acceptors (Lipinski definition) is 13. The molecule has 432 valence electrons. The number of H-pyrrole nitrogens is 2. The van der Waals surface area contributed by atoms with Crippen LogP contribution in [0.5, 0.6) is 11.5 Å². The van der Waals surface area contributed by atoms with Crippen LogP contribution in [0.3, 0.4) is 0 Å². The van der Waals surface area contributed by atoms with E-state index < -0.39 is 75.6 Å². The number of ketones is 2. The van der Waals surface area contributed by atoms with Gasteiger partial charge in [-0.1, -0.05) is 38.0 Å². The number of aryl methyl sites for hydroxylation is 2. The molecule has 11 aliphatic carbocycles. The highest BCUT2D eigenvalue weighted by molar-refractivity contribution is 6.34. The molecule has 9 N–H and O–H groups in total. The summed E-state index contributed by atoms with van der Waals surface area (Å²) in [5, 5.41) is 85.8. The van der Waals surface area contributed by atoms with Gasteiger partial charge in [0.15, 0.2) is 17.5 Å². The van der Waals surface area contributed by atoms with E-state index in [0.29, 0.717) is 52.6 Å². The maximum atomic E-state index is 15.6. The minimum absolute atomic E-state index is 0.00203. The predicted octanol–water partition coefficient (Wildman–Crippen LogP) is 8.64. The Labute approximate surface area is 486 Å². The molecule has 7 heterocycles. The maximum Gasteiger partial charge on any atom is 0.261 e. The first-order chi connectivity index (χ1) is 40.7. The summed E-state index contributed by atoms with van der Waals surface area (Å²) in [4.78, 5) is 49.0. The van der Waals surface area contributed by atoms with Gasteiger partial charge >= 0.3 is 0 Å². The molecule has 2 aromatic carbocycles. The fraction of sp³-hybridized carbons (Fsp3) is 0.565. The zero-order chi connectivity index (χ0) is 56.6. The number of benzene rings is 2. The number of carbonyl (C=O) groups is 2. The second-order valence-electron chi connectivity index (χ2n) is 29.1. The second-order valence-corrected chi connectivity index (χ2v) is 29.1. The van der Waals surface area contributed by atoms with E-state index in [2.05, 4.69) is 33.2 Å². The number of rotatable bonds is 0. The molecule has 15 nitrogen and oxygen atoms in total. The molecule has 0 amide bonds. The summed E-state index contributed by atoms with van der Waals surface area (Å²) in [7, 11) is 0. The number of carbonyl (C=O) groups excluding carboxylic acids is 2. The Balaban J connectivity index is 0.983. The molecule has 3 aromatic heterocycles. The molecule has 7 spiro atoms. The Bertz CT molecular complexity index is 4000. The van der Waals surface area contributed by atoms with Crippen molar-refractivity contribution < 1.29 is 49.7 Å². The van der Waals surface area contributed by atoms with Crippen LogP contribution >= 0.6 is 0 Å².